The Kier molecular flexibility index (Phi) is 7.47. The zero-order valence-electron chi connectivity index (χ0n) is 11.5. The Morgan fingerprint density at radius 2 is 2.00 bits per heavy atom. The van der Waals surface area contributed by atoms with Gasteiger partial charge in [0, 0.05) is 13.5 Å². The molecule has 1 aliphatic rings. The number of likely N-dealkylation sites (tertiary alicyclic amines) is 1. The maximum Gasteiger partial charge on any atom is 0.223 e. The van der Waals surface area contributed by atoms with E-state index in [1.165, 1.54) is 25.9 Å². The van der Waals surface area contributed by atoms with Gasteiger partial charge in [-0.1, -0.05) is 11.8 Å². The summed E-state index contributed by atoms with van der Waals surface area (Å²) in [5.41, 5.74) is 5.40. The second-order valence-corrected chi connectivity index (χ2v) is 4.83. The minimum atomic E-state index is 0.166. The van der Waals surface area contributed by atoms with Crippen molar-refractivity contribution in [1.82, 2.24) is 9.80 Å². The minimum absolute atomic E-state index is 0.166. The van der Waals surface area contributed by atoms with E-state index in [4.69, 9.17) is 5.73 Å². The molecule has 4 nitrogen and oxygen atoms in total. The van der Waals surface area contributed by atoms with Crippen LogP contribution in [0.5, 0.6) is 0 Å². The van der Waals surface area contributed by atoms with Crippen LogP contribution in [0.2, 0.25) is 0 Å². The van der Waals surface area contributed by atoms with Crippen molar-refractivity contribution in [2.45, 2.75) is 32.1 Å². The van der Waals surface area contributed by atoms with Crippen LogP contribution in [0.15, 0.2) is 0 Å². The summed E-state index contributed by atoms with van der Waals surface area (Å²) in [6, 6.07) is 0. The zero-order chi connectivity index (χ0) is 13.2. The average Bonchev–Trinajstić information content (AvgIpc) is 2.87. The predicted octanol–water partition coefficient (Wildman–Crippen LogP) is 0.673. The first-order chi connectivity index (χ1) is 8.74. The highest BCUT2D eigenvalue weighted by atomic mass is 16.2. The van der Waals surface area contributed by atoms with Gasteiger partial charge in [-0.3, -0.25) is 9.69 Å². The quantitative estimate of drug-likeness (QED) is 0.558. The number of hydrogen-bond acceptors (Lipinski definition) is 3. The zero-order valence-corrected chi connectivity index (χ0v) is 11.5. The Balaban J connectivity index is 2.12. The summed E-state index contributed by atoms with van der Waals surface area (Å²) >= 11 is 0. The number of hydrogen-bond donors (Lipinski definition) is 1. The Bertz CT molecular complexity index is 300. The SMILES string of the molecule is CN(CC#CCN1CCCC1)C(=O)CCCCN. The van der Waals surface area contributed by atoms with E-state index in [1.54, 1.807) is 4.90 Å². The fraction of sp³-hybridized carbons (Fsp3) is 0.786. The summed E-state index contributed by atoms with van der Waals surface area (Å²) in [6.07, 6.45) is 4.96. The van der Waals surface area contributed by atoms with Crippen LogP contribution in [0, 0.1) is 11.8 Å². The third-order valence-corrected chi connectivity index (χ3v) is 3.21. The number of nitrogens with two attached hydrogens (primary N) is 1. The molecule has 1 fully saturated rings. The van der Waals surface area contributed by atoms with E-state index in [2.05, 4.69) is 16.7 Å². The molecular weight excluding hydrogens is 226 g/mol. The van der Waals surface area contributed by atoms with Gasteiger partial charge in [-0.15, -0.1) is 0 Å². The maximum absolute atomic E-state index is 11.7. The molecule has 0 bridgehead atoms. The number of nitrogens with zero attached hydrogens (tertiary/aromatic N) is 2. The van der Waals surface area contributed by atoms with Crippen LogP contribution in [-0.4, -0.2) is 55.5 Å². The molecule has 0 aliphatic carbocycles. The topological polar surface area (TPSA) is 49.6 Å². The standard InChI is InChI=1S/C14H25N3O/c1-16(14(18)8-2-3-9-15)10-4-5-11-17-12-6-7-13-17/h2-3,6-13,15H2,1H3. The van der Waals surface area contributed by atoms with E-state index in [0.717, 1.165) is 19.4 Å². The van der Waals surface area contributed by atoms with Gasteiger partial charge in [-0.05, 0) is 45.3 Å². The van der Waals surface area contributed by atoms with E-state index in [9.17, 15) is 4.79 Å². The van der Waals surface area contributed by atoms with Crippen molar-refractivity contribution in [3.05, 3.63) is 0 Å². The largest absolute Gasteiger partial charge is 0.335 e. The second kappa shape index (κ2) is 8.96. The molecule has 0 aromatic rings. The minimum Gasteiger partial charge on any atom is -0.335 e. The van der Waals surface area contributed by atoms with Crippen LogP contribution < -0.4 is 5.73 Å². The molecule has 102 valence electrons. The van der Waals surface area contributed by atoms with E-state index in [1.807, 2.05) is 7.05 Å². The lowest BCUT2D eigenvalue weighted by Gasteiger charge is -2.13. The molecule has 0 radical (unpaired) electrons. The van der Waals surface area contributed by atoms with Crippen molar-refractivity contribution < 1.29 is 4.79 Å². The number of amides is 1. The first kappa shape index (κ1) is 15.0. The number of rotatable bonds is 6. The van der Waals surface area contributed by atoms with Crippen molar-refractivity contribution in [1.29, 1.82) is 0 Å². The molecule has 4 heteroatoms. The molecule has 18 heavy (non-hydrogen) atoms. The molecule has 0 aromatic carbocycles. The van der Waals surface area contributed by atoms with Crippen LogP contribution >= 0.6 is 0 Å². The van der Waals surface area contributed by atoms with E-state index < -0.39 is 0 Å². The van der Waals surface area contributed by atoms with Crippen LogP contribution in [0.4, 0.5) is 0 Å². The van der Waals surface area contributed by atoms with Crippen LogP contribution in [0.25, 0.3) is 0 Å². The fourth-order valence-electron chi connectivity index (χ4n) is 1.98. The van der Waals surface area contributed by atoms with Crippen molar-refractivity contribution in [3.63, 3.8) is 0 Å². The Hall–Kier alpha value is -1.05. The van der Waals surface area contributed by atoms with Gasteiger partial charge in [0.25, 0.3) is 0 Å². The van der Waals surface area contributed by atoms with Crippen molar-refractivity contribution in [2.24, 2.45) is 5.73 Å². The Morgan fingerprint density at radius 1 is 1.28 bits per heavy atom. The number of carbonyl (C=O) groups excluding carboxylic acids is 1. The van der Waals surface area contributed by atoms with Crippen LogP contribution in [-0.2, 0) is 4.79 Å². The van der Waals surface area contributed by atoms with Gasteiger partial charge < -0.3 is 10.6 Å². The highest BCUT2D eigenvalue weighted by molar-refractivity contribution is 5.76. The Morgan fingerprint density at radius 3 is 2.67 bits per heavy atom. The lowest BCUT2D eigenvalue weighted by Crippen LogP contribution is -2.27. The third kappa shape index (κ3) is 6.04. The van der Waals surface area contributed by atoms with Crippen LogP contribution in [0.1, 0.15) is 32.1 Å². The van der Waals surface area contributed by atoms with Gasteiger partial charge in [0.05, 0.1) is 13.1 Å². The lowest BCUT2D eigenvalue weighted by atomic mass is 10.2. The molecule has 0 unspecified atom stereocenters. The van der Waals surface area contributed by atoms with E-state index >= 15 is 0 Å². The number of carbonyl (C=O) groups is 1. The molecule has 0 saturated carbocycles. The first-order valence-electron chi connectivity index (χ1n) is 6.86. The van der Waals surface area contributed by atoms with Crippen molar-refractivity contribution >= 4 is 5.91 Å². The molecule has 0 aromatic heterocycles. The summed E-state index contributed by atoms with van der Waals surface area (Å²) in [5, 5.41) is 0. The number of unbranched alkanes of at least 4 members (excludes halogenated alkanes) is 1. The first-order valence-corrected chi connectivity index (χ1v) is 6.86. The van der Waals surface area contributed by atoms with Crippen molar-refractivity contribution in [3.8, 4) is 11.8 Å². The maximum atomic E-state index is 11.7. The van der Waals surface area contributed by atoms with Gasteiger partial charge in [0.2, 0.25) is 5.91 Å². The van der Waals surface area contributed by atoms with Crippen molar-refractivity contribution in [2.75, 3.05) is 39.8 Å². The summed E-state index contributed by atoms with van der Waals surface area (Å²) < 4.78 is 0. The molecule has 1 heterocycles. The van der Waals surface area contributed by atoms with E-state index in [0.29, 0.717) is 19.5 Å². The smallest absolute Gasteiger partial charge is 0.223 e. The lowest BCUT2D eigenvalue weighted by molar-refractivity contribution is -0.129. The molecule has 1 saturated heterocycles. The van der Waals surface area contributed by atoms with Gasteiger partial charge in [-0.25, -0.2) is 0 Å². The average molecular weight is 251 g/mol. The molecule has 0 atom stereocenters. The summed E-state index contributed by atoms with van der Waals surface area (Å²) in [5.74, 6) is 6.38. The van der Waals surface area contributed by atoms with Gasteiger partial charge in [-0.2, -0.15) is 0 Å². The summed E-state index contributed by atoms with van der Waals surface area (Å²) in [6.45, 7) is 4.38. The molecule has 2 N–H and O–H groups in total. The van der Waals surface area contributed by atoms with Crippen LogP contribution in [0.3, 0.4) is 0 Å². The molecular formula is C14H25N3O. The van der Waals surface area contributed by atoms with E-state index in [-0.39, 0.29) is 5.91 Å². The normalized spacial score (nSPS) is 15.2. The Labute approximate surface area is 110 Å². The third-order valence-electron chi connectivity index (χ3n) is 3.21. The highest BCUT2D eigenvalue weighted by Gasteiger charge is 2.09. The molecule has 1 aliphatic heterocycles. The fourth-order valence-corrected chi connectivity index (χ4v) is 1.98. The highest BCUT2D eigenvalue weighted by Crippen LogP contribution is 2.05. The molecule has 0 spiro atoms. The van der Waals surface area contributed by atoms with Gasteiger partial charge in [0.15, 0.2) is 0 Å². The molecule has 1 amide bonds. The predicted molar refractivity (Wildman–Crippen MR) is 74.0 cm³/mol. The van der Waals surface area contributed by atoms with Gasteiger partial charge >= 0.3 is 0 Å². The molecule has 1 rings (SSSR count). The van der Waals surface area contributed by atoms with Gasteiger partial charge in [0.1, 0.15) is 0 Å². The summed E-state index contributed by atoms with van der Waals surface area (Å²) in [4.78, 5) is 15.7. The monoisotopic (exact) mass is 251 g/mol. The second-order valence-electron chi connectivity index (χ2n) is 4.83. The summed E-state index contributed by atoms with van der Waals surface area (Å²) in [7, 11) is 1.81.